The first-order chi connectivity index (χ1) is 12.6. The van der Waals surface area contributed by atoms with Gasteiger partial charge in [0.15, 0.2) is 16.7 Å². The molecule has 8 heteroatoms. The summed E-state index contributed by atoms with van der Waals surface area (Å²) >= 11 is 1.46. The van der Waals surface area contributed by atoms with E-state index in [0.717, 1.165) is 28.0 Å². The molecule has 4 rings (SSSR count). The summed E-state index contributed by atoms with van der Waals surface area (Å²) in [5.74, 6) is 2.85. The third-order valence-corrected chi connectivity index (χ3v) is 5.45. The Morgan fingerprint density at radius 1 is 1.27 bits per heavy atom. The molecule has 0 unspecified atom stereocenters. The summed E-state index contributed by atoms with van der Waals surface area (Å²) < 4.78 is 13.3. The first-order valence-corrected chi connectivity index (χ1v) is 9.77. The van der Waals surface area contributed by atoms with Crippen LogP contribution in [0.1, 0.15) is 30.3 Å². The Kier molecular flexibility index (Phi) is 4.76. The molecule has 138 valence electrons. The van der Waals surface area contributed by atoms with Gasteiger partial charge < -0.3 is 18.9 Å². The van der Waals surface area contributed by atoms with E-state index in [1.165, 1.54) is 24.6 Å². The van der Waals surface area contributed by atoms with Crippen LogP contribution in [0.2, 0.25) is 0 Å². The molecule has 0 bridgehead atoms. The van der Waals surface area contributed by atoms with Gasteiger partial charge in [-0.2, -0.15) is 0 Å². The molecule has 0 atom stereocenters. The minimum absolute atomic E-state index is 0.0629. The van der Waals surface area contributed by atoms with E-state index in [4.69, 9.17) is 9.47 Å². The number of carbonyl (C=O) groups excluding carboxylic acids is 1. The lowest BCUT2D eigenvalue weighted by molar-refractivity contribution is -0.127. The van der Waals surface area contributed by atoms with E-state index in [0.29, 0.717) is 31.6 Å². The number of hydrogen-bond acceptors (Lipinski definition) is 6. The van der Waals surface area contributed by atoms with Gasteiger partial charge in [0.25, 0.3) is 0 Å². The summed E-state index contributed by atoms with van der Waals surface area (Å²) in [6, 6.07) is 6.33. The van der Waals surface area contributed by atoms with E-state index in [2.05, 4.69) is 14.8 Å². The molecular formula is C18H22N4O3S. The van der Waals surface area contributed by atoms with E-state index in [1.54, 1.807) is 4.90 Å². The van der Waals surface area contributed by atoms with Crippen LogP contribution >= 0.6 is 11.8 Å². The summed E-state index contributed by atoms with van der Waals surface area (Å²) in [5.41, 5.74) is 1.02. The van der Waals surface area contributed by atoms with E-state index >= 15 is 0 Å². The zero-order valence-corrected chi connectivity index (χ0v) is 15.8. The number of hydrogen-bond donors (Lipinski definition) is 0. The predicted octanol–water partition coefficient (Wildman–Crippen LogP) is 2.44. The molecule has 0 saturated heterocycles. The number of aromatic nitrogens is 3. The Bertz CT molecular complexity index is 819. The molecule has 1 saturated carbocycles. The monoisotopic (exact) mass is 374 g/mol. The molecule has 2 aromatic rings. The van der Waals surface area contributed by atoms with Crippen LogP contribution in [0.25, 0.3) is 0 Å². The highest BCUT2D eigenvalue weighted by atomic mass is 32.2. The van der Waals surface area contributed by atoms with Crippen LogP contribution in [0.4, 0.5) is 0 Å². The number of ether oxygens (including phenoxy) is 2. The molecule has 1 fully saturated rings. The lowest BCUT2D eigenvalue weighted by atomic mass is 10.2. The van der Waals surface area contributed by atoms with Gasteiger partial charge in [0, 0.05) is 19.6 Å². The molecule has 1 aromatic heterocycles. The molecule has 0 spiro atoms. The maximum atomic E-state index is 12.5. The van der Waals surface area contributed by atoms with Gasteiger partial charge >= 0.3 is 0 Å². The highest BCUT2D eigenvalue weighted by Crippen LogP contribution is 2.38. The minimum Gasteiger partial charge on any atom is -0.486 e. The molecule has 0 N–H and O–H groups in total. The minimum atomic E-state index is 0.0629. The largest absolute Gasteiger partial charge is 0.486 e. The smallest absolute Gasteiger partial charge is 0.233 e. The third-order valence-electron chi connectivity index (χ3n) is 4.52. The van der Waals surface area contributed by atoms with Crippen LogP contribution in [-0.2, 0) is 11.3 Å². The summed E-state index contributed by atoms with van der Waals surface area (Å²) in [6.45, 7) is 3.63. The van der Waals surface area contributed by atoms with Crippen molar-refractivity contribution in [1.82, 2.24) is 19.7 Å². The average molecular weight is 374 g/mol. The third kappa shape index (κ3) is 3.65. The zero-order valence-electron chi connectivity index (χ0n) is 15.0. The number of thioether (sulfide) groups is 1. The number of amides is 1. The average Bonchev–Trinajstić information content (AvgIpc) is 3.42. The molecule has 26 heavy (non-hydrogen) atoms. The van der Waals surface area contributed by atoms with Gasteiger partial charge in [0.1, 0.15) is 19.0 Å². The lowest BCUT2D eigenvalue weighted by Gasteiger charge is -2.21. The van der Waals surface area contributed by atoms with Gasteiger partial charge in [-0.25, -0.2) is 0 Å². The van der Waals surface area contributed by atoms with Gasteiger partial charge in [-0.3, -0.25) is 4.79 Å². The topological polar surface area (TPSA) is 69.5 Å². The number of nitrogens with zero attached hydrogens (tertiary/aromatic N) is 4. The molecule has 7 nitrogen and oxygen atoms in total. The summed E-state index contributed by atoms with van der Waals surface area (Å²) in [5, 5.41) is 9.20. The van der Waals surface area contributed by atoms with Crippen molar-refractivity contribution in [1.29, 1.82) is 0 Å². The molecule has 1 aliphatic heterocycles. The first-order valence-electron chi connectivity index (χ1n) is 8.78. The standard InChI is InChI=1S/C18H22N4O3S/c1-12-19-20-18(22(12)14-4-5-14)26-11-17(23)21(2)10-13-3-6-15-16(9-13)25-8-7-24-15/h3,6,9,14H,4-5,7-8,10-11H2,1-2H3. The van der Waals surface area contributed by atoms with E-state index in [9.17, 15) is 4.79 Å². The Hall–Kier alpha value is -2.22. The fourth-order valence-electron chi connectivity index (χ4n) is 2.99. The number of aryl methyl sites for hydroxylation is 1. The van der Waals surface area contributed by atoms with Gasteiger partial charge in [-0.15, -0.1) is 10.2 Å². The van der Waals surface area contributed by atoms with E-state index < -0.39 is 0 Å². The SMILES string of the molecule is Cc1nnc(SCC(=O)N(C)Cc2ccc3c(c2)OCCO3)n1C1CC1. The normalized spacial score (nSPS) is 15.8. The Morgan fingerprint density at radius 2 is 2.04 bits per heavy atom. The highest BCUT2D eigenvalue weighted by molar-refractivity contribution is 7.99. The maximum Gasteiger partial charge on any atom is 0.233 e. The Balaban J connectivity index is 1.35. The fourth-order valence-corrected chi connectivity index (χ4v) is 3.98. The summed E-state index contributed by atoms with van der Waals surface area (Å²) in [4.78, 5) is 14.2. The molecule has 1 aliphatic carbocycles. The Labute approximate surface area is 156 Å². The van der Waals surface area contributed by atoms with Gasteiger partial charge in [0.05, 0.1) is 5.75 Å². The molecule has 2 aliphatic rings. The summed E-state index contributed by atoms with van der Waals surface area (Å²) in [7, 11) is 1.82. The van der Waals surface area contributed by atoms with Crippen molar-refractivity contribution in [2.75, 3.05) is 26.0 Å². The second-order valence-corrected chi connectivity index (χ2v) is 7.59. The molecule has 2 heterocycles. The Morgan fingerprint density at radius 3 is 2.81 bits per heavy atom. The quantitative estimate of drug-likeness (QED) is 0.724. The number of fused-ring (bicyclic) bond motifs is 1. The van der Waals surface area contributed by atoms with Gasteiger partial charge in [0.2, 0.25) is 5.91 Å². The van der Waals surface area contributed by atoms with Crippen molar-refractivity contribution in [3.8, 4) is 11.5 Å². The van der Waals surface area contributed by atoms with Crippen molar-refractivity contribution in [2.24, 2.45) is 0 Å². The van der Waals surface area contributed by atoms with Crippen LogP contribution in [0.15, 0.2) is 23.4 Å². The zero-order chi connectivity index (χ0) is 18.1. The van der Waals surface area contributed by atoms with Crippen LogP contribution in [-0.4, -0.2) is 51.6 Å². The van der Waals surface area contributed by atoms with Gasteiger partial charge in [-0.05, 0) is 37.5 Å². The highest BCUT2D eigenvalue weighted by Gasteiger charge is 2.28. The number of benzene rings is 1. The van der Waals surface area contributed by atoms with Crippen molar-refractivity contribution >= 4 is 17.7 Å². The van der Waals surface area contributed by atoms with Crippen molar-refractivity contribution < 1.29 is 14.3 Å². The van der Waals surface area contributed by atoms with Crippen molar-refractivity contribution in [2.45, 2.75) is 37.5 Å². The van der Waals surface area contributed by atoms with Crippen molar-refractivity contribution in [3.05, 3.63) is 29.6 Å². The van der Waals surface area contributed by atoms with Crippen LogP contribution in [0, 0.1) is 6.92 Å². The molecular weight excluding hydrogens is 352 g/mol. The van der Waals surface area contributed by atoms with E-state index in [-0.39, 0.29) is 5.91 Å². The lowest BCUT2D eigenvalue weighted by Crippen LogP contribution is -2.28. The van der Waals surface area contributed by atoms with E-state index in [1.807, 2.05) is 32.2 Å². The molecule has 1 amide bonds. The van der Waals surface area contributed by atoms with Crippen LogP contribution in [0.3, 0.4) is 0 Å². The summed E-state index contributed by atoms with van der Waals surface area (Å²) in [6.07, 6.45) is 2.34. The van der Waals surface area contributed by atoms with Gasteiger partial charge in [-0.1, -0.05) is 17.8 Å². The second kappa shape index (κ2) is 7.19. The van der Waals surface area contributed by atoms with Crippen LogP contribution in [0.5, 0.6) is 11.5 Å². The second-order valence-electron chi connectivity index (χ2n) is 6.65. The maximum absolute atomic E-state index is 12.5. The first kappa shape index (κ1) is 17.2. The predicted molar refractivity (Wildman–Crippen MR) is 97.7 cm³/mol. The molecule has 0 radical (unpaired) electrons. The van der Waals surface area contributed by atoms with Crippen molar-refractivity contribution in [3.63, 3.8) is 0 Å². The fraction of sp³-hybridized carbons (Fsp3) is 0.500. The van der Waals surface area contributed by atoms with Crippen LogP contribution < -0.4 is 9.47 Å². The molecule has 1 aromatic carbocycles. The number of carbonyl (C=O) groups is 1. The number of rotatable bonds is 6.